The van der Waals surface area contributed by atoms with Gasteiger partial charge >= 0.3 is 11.8 Å². The van der Waals surface area contributed by atoms with Crippen LogP contribution in [0.25, 0.3) is 10.9 Å². The fraction of sp³-hybridized carbons (Fsp3) is 0.679. The Morgan fingerprint density at radius 1 is 1.20 bits per heavy atom. The van der Waals surface area contributed by atoms with Crippen LogP contribution >= 0.6 is 27.5 Å². The molecule has 1 aromatic carbocycles. The summed E-state index contributed by atoms with van der Waals surface area (Å²) in [6.45, 7) is 13.1. The lowest BCUT2D eigenvalue weighted by molar-refractivity contribution is -0.0113. The summed E-state index contributed by atoms with van der Waals surface area (Å²) in [5, 5.41) is 1.21. The summed E-state index contributed by atoms with van der Waals surface area (Å²) in [6, 6.07) is 1.25. The molecule has 0 spiro atoms. The van der Waals surface area contributed by atoms with Crippen molar-refractivity contribution < 1.29 is 19.0 Å². The molecule has 40 heavy (non-hydrogen) atoms. The van der Waals surface area contributed by atoms with E-state index in [0.717, 1.165) is 31.3 Å². The number of piperazine rings is 1. The van der Waals surface area contributed by atoms with E-state index in [-0.39, 0.29) is 42.6 Å². The number of aromatic nitrogens is 2. The number of ether oxygens (including phenoxy) is 3. The highest BCUT2D eigenvalue weighted by Gasteiger charge is 2.37. The van der Waals surface area contributed by atoms with Crippen LogP contribution in [0.1, 0.15) is 53.5 Å². The lowest BCUT2D eigenvalue weighted by Crippen LogP contribution is -2.59. The molecule has 0 radical (unpaired) electrons. The predicted octanol–water partition coefficient (Wildman–Crippen LogP) is 4.69. The predicted molar refractivity (Wildman–Crippen MR) is 159 cm³/mol. The van der Waals surface area contributed by atoms with Crippen LogP contribution in [0.2, 0.25) is 5.02 Å². The molecule has 0 bridgehead atoms. The van der Waals surface area contributed by atoms with Gasteiger partial charge in [-0.1, -0.05) is 11.6 Å². The van der Waals surface area contributed by atoms with Crippen molar-refractivity contribution in [1.29, 1.82) is 0 Å². The van der Waals surface area contributed by atoms with E-state index in [1.807, 2.05) is 40.7 Å². The van der Waals surface area contributed by atoms with Gasteiger partial charge in [-0.05, 0) is 76.5 Å². The Balaban J connectivity index is 1.48. The van der Waals surface area contributed by atoms with E-state index in [9.17, 15) is 9.59 Å². The standard InChI is InChI=1S/C28H39BrClN5O5/c1-16-13-34(27(37)40-28(3,4)5)17(2)12-33(16)25-20-11-21(30)22(29)24-23(20)35(26(36)31-25)18(15-39-24)14-38-19-7-9-32(6)10-8-19/h11,16-19H,7-10,12-15H2,1-6H3/t16-,17+,18?/m0/s1. The number of rotatable bonds is 4. The quantitative estimate of drug-likeness (QED) is 0.476. The second-order valence-electron chi connectivity index (χ2n) is 12.3. The van der Waals surface area contributed by atoms with E-state index < -0.39 is 5.60 Å². The molecule has 2 fully saturated rings. The van der Waals surface area contributed by atoms with Crippen LogP contribution in [0, 0.1) is 0 Å². The topological polar surface area (TPSA) is 89.4 Å². The van der Waals surface area contributed by atoms with Crippen molar-refractivity contribution >= 4 is 50.3 Å². The van der Waals surface area contributed by atoms with Gasteiger partial charge in [-0.15, -0.1) is 0 Å². The number of halogens is 2. The van der Waals surface area contributed by atoms with Gasteiger partial charge in [0.2, 0.25) is 0 Å². The molecular weight excluding hydrogens is 602 g/mol. The zero-order valence-electron chi connectivity index (χ0n) is 24.1. The van der Waals surface area contributed by atoms with Crippen molar-refractivity contribution in [2.24, 2.45) is 0 Å². The number of likely N-dealkylation sites (tertiary alicyclic amines) is 1. The highest BCUT2D eigenvalue weighted by molar-refractivity contribution is 9.10. The molecule has 4 heterocycles. The first kappa shape index (κ1) is 29.4. The maximum absolute atomic E-state index is 13.7. The van der Waals surface area contributed by atoms with Crippen molar-refractivity contribution in [1.82, 2.24) is 19.4 Å². The molecule has 1 aromatic heterocycles. The summed E-state index contributed by atoms with van der Waals surface area (Å²) >= 11 is 10.2. The van der Waals surface area contributed by atoms with E-state index >= 15 is 0 Å². The molecule has 2 aromatic rings. The van der Waals surface area contributed by atoms with Crippen molar-refractivity contribution in [3.05, 3.63) is 26.0 Å². The third kappa shape index (κ3) is 5.80. The molecule has 10 nitrogen and oxygen atoms in total. The van der Waals surface area contributed by atoms with Gasteiger partial charge < -0.3 is 28.9 Å². The maximum Gasteiger partial charge on any atom is 0.410 e. The van der Waals surface area contributed by atoms with Gasteiger partial charge in [0.25, 0.3) is 0 Å². The summed E-state index contributed by atoms with van der Waals surface area (Å²) < 4.78 is 20.5. The lowest BCUT2D eigenvalue weighted by atomic mass is 10.1. The van der Waals surface area contributed by atoms with Crippen molar-refractivity contribution in [2.45, 2.75) is 77.3 Å². The number of hydrogen-bond donors (Lipinski definition) is 0. The van der Waals surface area contributed by atoms with E-state index in [1.165, 1.54) is 0 Å². The molecule has 12 heteroatoms. The molecule has 0 saturated carbocycles. The SMILES string of the molecule is C[C@@H]1CN(c2nc(=O)n3c4c(c(Br)c(Cl)cc24)OCC3COC2CCN(C)CC2)[C@@H](C)CN1C(=O)OC(C)(C)C. The molecule has 0 N–H and O–H groups in total. The Kier molecular flexibility index (Phi) is 8.31. The van der Waals surface area contributed by atoms with E-state index in [2.05, 4.69) is 37.8 Å². The Labute approximate surface area is 248 Å². The molecular formula is C28H39BrClN5O5. The highest BCUT2D eigenvalue weighted by Crippen LogP contribution is 2.44. The first-order valence-corrected chi connectivity index (χ1v) is 15.1. The molecule has 3 aliphatic heterocycles. The summed E-state index contributed by atoms with van der Waals surface area (Å²) in [5.74, 6) is 1.07. The number of benzene rings is 1. The van der Waals surface area contributed by atoms with Crippen LogP contribution in [0.5, 0.6) is 5.75 Å². The minimum Gasteiger partial charge on any atom is -0.488 e. The van der Waals surface area contributed by atoms with Gasteiger partial charge in [-0.25, -0.2) is 9.59 Å². The maximum atomic E-state index is 13.7. The van der Waals surface area contributed by atoms with Crippen molar-refractivity contribution in [3.63, 3.8) is 0 Å². The van der Waals surface area contributed by atoms with Crippen molar-refractivity contribution in [2.75, 3.05) is 51.3 Å². The van der Waals surface area contributed by atoms with Crippen LogP contribution in [-0.4, -0.2) is 95.7 Å². The number of piperidine rings is 1. The van der Waals surface area contributed by atoms with Gasteiger partial charge in [0.1, 0.15) is 23.5 Å². The molecule has 220 valence electrons. The number of anilines is 1. The zero-order valence-corrected chi connectivity index (χ0v) is 26.4. The second kappa shape index (κ2) is 11.3. The molecule has 0 aliphatic carbocycles. The van der Waals surface area contributed by atoms with E-state index in [0.29, 0.717) is 46.3 Å². The summed E-state index contributed by atoms with van der Waals surface area (Å²) in [5.41, 5.74) is -0.280. The van der Waals surface area contributed by atoms with Crippen LogP contribution < -0.4 is 15.3 Å². The van der Waals surface area contributed by atoms with Crippen molar-refractivity contribution in [3.8, 4) is 5.75 Å². The summed E-state index contributed by atoms with van der Waals surface area (Å²) in [6.07, 6.45) is 1.75. The fourth-order valence-corrected chi connectivity index (χ4v) is 6.38. The van der Waals surface area contributed by atoms with E-state index in [4.69, 9.17) is 25.8 Å². The minimum absolute atomic E-state index is 0.118. The third-order valence-electron chi connectivity index (χ3n) is 7.90. The van der Waals surface area contributed by atoms with Crippen LogP contribution in [0.15, 0.2) is 15.3 Å². The average Bonchev–Trinajstić information content (AvgIpc) is 2.88. The normalized spacial score (nSPS) is 24.4. The number of carbonyl (C=O) groups is 1. The van der Waals surface area contributed by atoms with Gasteiger partial charge in [-0.2, -0.15) is 4.98 Å². The highest BCUT2D eigenvalue weighted by atomic mass is 79.9. The molecule has 2 saturated heterocycles. The molecule has 3 aliphatic rings. The molecule has 5 rings (SSSR count). The van der Waals surface area contributed by atoms with Gasteiger partial charge in [0.15, 0.2) is 5.75 Å². The molecule has 1 amide bonds. The van der Waals surface area contributed by atoms with E-state index in [1.54, 1.807) is 9.47 Å². The Hall–Kier alpha value is -2.08. The van der Waals surface area contributed by atoms with Gasteiger partial charge in [-0.3, -0.25) is 4.57 Å². The fourth-order valence-electron chi connectivity index (χ4n) is 5.76. The zero-order chi connectivity index (χ0) is 28.9. The van der Waals surface area contributed by atoms with Crippen LogP contribution in [0.3, 0.4) is 0 Å². The van der Waals surface area contributed by atoms with Gasteiger partial charge in [0.05, 0.1) is 28.2 Å². The summed E-state index contributed by atoms with van der Waals surface area (Å²) in [7, 11) is 2.12. The second-order valence-corrected chi connectivity index (χ2v) is 13.5. The first-order valence-electron chi connectivity index (χ1n) is 14.0. The third-order valence-corrected chi connectivity index (χ3v) is 9.21. The van der Waals surface area contributed by atoms with Crippen LogP contribution in [-0.2, 0) is 9.47 Å². The van der Waals surface area contributed by atoms with Crippen LogP contribution in [0.4, 0.5) is 10.6 Å². The lowest BCUT2D eigenvalue weighted by Gasteiger charge is -2.45. The smallest absolute Gasteiger partial charge is 0.410 e. The number of hydrogen-bond acceptors (Lipinski definition) is 8. The monoisotopic (exact) mass is 639 g/mol. The summed E-state index contributed by atoms with van der Waals surface area (Å²) in [4.78, 5) is 37.3. The van der Waals surface area contributed by atoms with Gasteiger partial charge in [0, 0.05) is 43.6 Å². The Morgan fingerprint density at radius 2 is 1.90 bits per heavy atom. The number of nitrogens with zero attached hydrogens (tertiary/aromatic N) is 5. The average molecular weight is 641 g/mol. The Morgan fingerprint density at radius 3 is 2.58 bits per heavy atom. The number of carbonyl (C=O) groups excluding carboxylic acids is 1. The minimum atomic E-state index is -0.582. The largest absolute Gasteiger partial charge is 0.488 e. The Bertz CT molecular complexity index is 1340. The first-order chi connectivity index (χ1) is 18.8. The molecule has 3 atom stereocenters. The molecule has 1 unspecified atom stereocenters. The number of amides is 1.